The second kappa shape index (κ2) is 7.01. The van der Waals surface area contributed by atoms with Gasteiger partial charge in [-0.2, -0.15) is 5.10 Å². The quantitative estimate of drug-likeness (QED) is 0.585. The third-order valence-electron chi connectivity index (χ3n) is 2.87. The second-order valence-corrected chi connectivity index (χ2v) is 5.68. The fraction of sp³-hybridized carbons (Fsp3) is 0.0667. The van der Waals surface area contributed by atoms with Crippen molar-refractivity contribution in [1.29, 1.82) is 0 Å². The van der Waals surface area contributed by atoms with Gasteiger partial charge in [-0.05, 0) is 43.3 Å². The number of benzene rings is 2. The van der Waals surface area contributed by atoms with Crippen LogP contribution in [0.5, 0.6) is 0 Å². The van der Waals surface area contributed by atoms with E-state index in [9.17, 15) is 4.79 Å². The lowest BCUT2D eigenvalue weighted by Gasteiger charge is -2.07. The molecular formula is C15H11Cl3N2O2. The average molecular weight is 358 g/mol. The molecule has 7 heteroatoms. The van der Waals surface area contributed by atoms with Crippen LogP contribution in [0.2, 0.25) is 15.1 Å². The minimum atomic E-state index is -1.10. The maximum absolute atomic E-state index is 11.0. The van der Waals surface area contributed by atoms with E-state index in [1.54, 1.807) is 31.2 Å². The van der Waals surface area contributed by atoms with Crippen LogP contribution in [-0.2, 0) is 0 Å². The minimum Gasteiger partial charge on any atom is -0.478 e. The molecule has 2 rings (SSSR count). The molecule has 0 spiro atoms. The Kier molecular flexibility index (Phi) is 5.29. The van der Waals surface area contributed by atoms with E-state index >= 15 is 0 Å². The number of halogens is 3. The Balaban J connectivity index is 2.26. The van der Waals surface area contributed by atoms with Crippen molar-refractivity contribution in [3.8, 4) is 0 Å². The van der Waals surface area contributed by atoms with Crippen molar-refractivity contribution in [2.24, 2.45) is 5.10 Å². The summed E-state index contributed by atoms with van der Waals surface area (Å²) in [6.07, 6.45) is 0. The molecule has 2 N–H and O–H groups in total. The lowest BCUT2D eigenvalue weighted by atomic mass is 10.1. The molecule has 0 atom stereocenters. The number of carboxylic acid groups (broad SMARTS) is 1. The van der Waals surface area contributed by atoms with Gasteiger partial charge in [-0.1, -0.05) is 34.8 Å². The van der Waals surface area contributed by atoms with E-state index < -0.39 is 5.97 Å². The van der Waals surface area contributed by atoms with E-state index in [4.69, 9.17) is 39.9 Å². The summed E-state index contributed by atoms with van der Waals surface area (Å²) >= 11 is 17.8. The first-order chi connectivity index (χ1) is 10.4. The van der Waals surface area contributed by atoms with Crippen LogP contribution in [0.1, 0.15) is 22.8 Å². The Morgan fingerprint density at radius 3 is 2.36 bits per heavy atom. The van der Waals surface area contributed by atoms with Gasteiger partial charge in [0.1, 0.15) is 0 Å². The van der Waals surface area contributed by atoms with Gasteiger partial charge in [0.15, 0.2) is 0 Å². The first-order valence-corrected chi connectivity index (χ1v) is 7.30. The summed E-state index contributed by atoms with van der Waals surface area (Å²) in [7, 11) is 0. The monoisotopic (exact) mass is 356 g/mol. The third-order valence-corrected chi connectivity index (χ3v) is 3.76. The summed E-state index contributed by atoms with van der Waals surface area (Å²) in [5.74, 6) is -1.10. The molecule has 0 saturated heterocycles. The number of carboxylic acids is 1. The van der Waals surface area contributed by atoms with Gasteiger partial charge in [0.05, 0.1) is 22.0 Å². The first-order valence-electron chi connectivity index (χ1n) is 6.17. The van der Waals surface area contributed by atoms with E-state index in [1.165, 1.54) is 12.1 Å². The second-order valence-electron chi connectivity index (χ2n) is 4.43. The number of carbonyl (C=O) groups is 1. The van der Waals surface area contributed by atoms with Crippen molar-refractivity contribution >= 4 is 52.2 Å². The topological polar surface area (TPSA) is 61.7 Å². The molecule has 0 bridgehead atoms. The summed E-state index contributed by atoms with van der Waals surface area (Å²) in [5.41, 5.74) is 4.58. The molecule has 4 nitrogen and oxygen atoms in total. The van der Waals surface area contributed by atoms with Crippen LogP contribution in [0.25, 0.3) is 0 Å². The van der Waals surface area contributed by atoms with Gasteiger partial charge >= 0.3 is 5.97 Å². The van der Waals surface area contributed by atoms with Crippen LogP contribution in [0.15, 0.2) is 41.5 Å². The zero-order valence-corrected chi connectivity index (χ0v) is 13.7. The van der Waals surface area contributed by atoms with Crippen molar-refractivity contribution in [3.05, 3.63) is 62.6 Å². The molecule has 2 aromatic carbocycles. The van der Waals surface area contributed by atoms with Crippen LogP contribution in [0.3, 0.4) is 0 Å². The zero-order valence-electron chi connectivity index (χ0n) is 11.4. The van der Waals surface area contributed by atoms with Gasteiger partial charge < -0.3 is 5.11 Å². The van der Waals surface area contributed by atoms with E-state index in [1.807, 2.05) is 0 Å². The first kappa shape index (κ1) is 16.6. The highest BCUT2D eigenvalue weighted by molar-refractivity contribution is 6.36. The fourth-order valence-corrected chi connectivity index (χ4v) is 2.37. The Hall–Kier alpha value is -1.75. The Bertz CT molecular complexity index is 760. The molecule has 0 amide bonds. The van der Waals surface area contributed by atoms with Gasteiger partial charge in [-0.3, -0.25) is 5.43 Å². The van der Waals surface area contributed by atoms with Crippen LogP contribution in [0.4, 0.5) is 5.69 Å². The lowest BCUT2D eigenvalue weighted by molar-refractivity contribution is 0.0697. The van der Waals surface area contributed by atoms with Crippen molar-refractivity contribution < 1.29 is 9.90 Å². The third kappa shape index (κ3) is 3.91. The van der Waals surface area contributed by atoms with Gasteiger partial charge in [0.25, 0.3) is 0 Å². The molecule has 0 heterocycles. The van der Waals surface area contributed by atoms with Gasteiger partial charge in [-0.25, -0.2) is 4.79 Å². The molecule has 0 aliphatic carbocycles. The largest absolute Gasteiger partial charge is 0.478 e. The number of nitrogens with one attached hydrogen (secondary N) is 1. The van der Waals surface area contributed by atoms with Crippen molar-refractivity contribution in [2.45, 2.75) is 6.92 Å². The van der Waals surface area contributed by atoms with Crippen molar-refractivity contribution in [1.82, 2.24) is 0 Å². The molecule has 0 fully saturated rings. The number of hydrogen-bond donors (Lipinski definition) is 2. The van der Waals surface area contributed by atoms with Gasteiger partial charge in [-0.15, -0.1) is 0 Å². The van der Waals surface area contributed by atoms with Crippen LogP contribution >= 0.6 is 34.8 Å². The summed E-state index contributed by atoms with van der Waals surface area (Å²) in [5, 5.41) is 14.5. The number of anilines is 1. The number of hydrogen-bond acceptors (Lipinski definition) is 3. The predicted octanol–water partition coefficient (Wildman–Crippen LogP) is 5.18. The highest BCUT2D eigenvalue weighted by Crippen LogP contribution is 2.23. The smallest absolute Gasteiger partial charge is 0.337 e. The number of nitrogens with zero attached hydrogens (tertiary/aromatic N) is 1. The zero-order chi connectivity index (χ0) is 16.3. The summed E-state index contributed by atoms with van der Waals surface area (Å²) in [6, 6.07) is 9.60. The molecule has 0 radical (unpaired) electrons. The Labute approximate surface area is 142 Å². The minimum absolute atomic E-state index is 0.000285. The molecule has 22 heavy (non-hydrogen) atoms. The normalized spacial score (nSPS) is 11.4. The Morgan fingerprint density at radius 2 is 1.68 bits per heavy atom. The summed E-state index contributed by atoms with van der Waals surface area (Å²) in [4.78, 5) is 11.0. The maximum atomic E-state index is 11.0. The summed E-state index contributed by atoms with van der Waals surface area (Å²) < 4.78 is 0. The van der Waals surface area contributed by atoms with Crippen molar-refractivity contribution in [2.75, 3.05) is 5.43 Å². The highest BCUT2D eigenvalue weighted by Gasteiger charge is 2.09. The van der Waals surface area contributed by atoms with Crippen LogP contribution < -0.4 is 5.43 Å². The van der Waals surface area contributed by atoms with Crippen LogP contribution in [0, 0.1) is 0 Å². The molecule has 0 saturated carbocycles. The summed E-state index contributed by atoms with van der Waals surface area (Å²) in [6.45, 7) is 1.76. The molecule has 0 aliphatic rings. The molecule has 0 aromatic heterocycles. The maximum Gasteiger partial charge on any atom is 0.337 e. The molecular weight excluding hydrogens is 347 g/mol. The van der Waals surface area contributed by atoms with E-state index in [0.29, 0.717) is 27.0 Å². The van der Waals surface area contributed by atoms with E-state index in [0.717, 1.165) is 0 Å². The fourth-order valence-electron chi connectivity index (χ4n) is 1.74. The van der Waals surface area contributed by atoms with E-state index in [-0.39, 0.29) is 10.6 Å². The standard InChI is InChI=1S/C15H11Cl3N2O2/c1-8(11-6-9(16)2-4-13(11)17)19-20-10-3-5-14(18)12(7-10)15(21)22/h2-7,20H,1H3,(H,21,22). The molecule has 2 aromatic rings. The number of rotatable bonds is 4. The van der Waals surface area contributed by atoms with Gasteiger partial charge in [0, 0.05) is 15.6 Å². The molecule has 114 valence electrons. The average Bonchev–Trinajstić information content (AvgIpc) is 2.48. The number of aromatic carboxylic acids is 1. The Morgan fingerprint density at radius 1 is 1.05 bits per heavy atom. The molecule has 0 unspecified atom stereocenters. The predicted molar refractivity (Wildman–Crippen MR) is 90.7 cm³/mol. The molecule has 0 aliphatic heterocycles. The highest BCUT2D eigenvalue weighted by atomic mass is 35.5. The van der Waals surface area contributed by atoms with Crippen molar-refractivity contribution in [3.63, 3.8) is 0 Å². The lowest BCUT2D eigenvalue weighted by Crippen LogP contribution is -2.02. The SMILES string of the molecule is CC(=NNc1ccc(Cl)c(C(=O)O)c1)c1cc(Cl)ccc1Cl. The van der Waals surface area contributed by atoms with Crippen LogP contribution in [-0.4, -0.2) is 16.8 Å². The number of hydrazone groups is 1. The van der Waals surface area contributed by atoms with E-state index in [2.05, 4.69) is 10.5 Å². The van der Waals surface area contributed by atoms with Gasteiger partial charge in [0.2, 0.25) is 0 Å².